The minimum atomic E-state index is 0.134. The number of rotatable bonds is 8. The zero-order valence-corrected chi connectivity index (χ0v) is 19.6. The second-order valence-corrected chi connectivity index (χ2v) is 9.14. The molecule has 0 bridgehead atoms. The third-order valence-corrected chi connectivity index (χ3v) is 6.87. The van der Waals surface area contributed by atoms with Gasteiger partial charge in [0.25, 0.3) is 11.8 Å². The maximum Gasteiger partial charge on any atom is 0.278 e. The number of hydrogen-bond donors (Lipinski definition) is 3. The Morgan fingerprint density at radius 2 is 1.61 bits per heavy atom. The van der Waals surface area contributed by atoms with Gasteiger partial charge in [0, 0.05) is 12.2 Å². The van der Waals surface area contributed by atoms with Crippen molar-refractivity contribution >= 4 is 17.5 Å². The molecule has 3 rings (SSSR count). The van der Waals surface area contributed by atoms with Crippen molar-refractivity contribution in [3.63, 3.8) is 0 Å². The van der Waals surface area contributed by atoms with E-state index in [2.05, 4.69) is 49.2 Å². The van der Waals surface area contributed by atoms with Crippen LogP contribution in [0.4, 0.5) is 5.69 Å². The summed E-state index contributed by atoms with van der Waals surface area (Å²) in [4.78, 5) is 32.0. The molecule has 3 N–H and O–H groups in total. The number of anilines is 1. The van der Waals surface area contributed by atoms with Crippen molar-refractivity contribution in [1.82, 2.24) is 10.2 Å². The molecule has 1 aromatic carbocycles. The van der Waals surface area contributed by atoms with Gasteiger partial charge in [-0.25, -0.2) is 0 Å². The summed E-state index contributed by atoms with van der Waals surface area (Å²) in [6, 6.07) is 6.51. The van der Waals surface area contributed by atoms with Gasteiger partial charge in [-0.15, -0.1) is 0 Å². The number of carbonyl (C=O) groups is 2. The molecule has 0 aliphatic carbocycles. The van der Waals surface area contributed by atoms with Gasteiger partial charge in [0.1, 0.15) is 0 Å². The van der Waals surface area contributed by atoms with Crippen LogP contribution in [0.25, 0.3) is 0 Å². The van der Waals surface area contributed by atoms with Crippen LogP contribution in [0.15, 0.2) is 18.2 Å². The average Bonchev–Trinajstić information content (AvgIpc) is 2.77. The molecule has 0 radical (unpaired) electrons. The summed E-state index contributed by atoms with van der Waals surface area (Å²) >= 11 is 0. The van der Waals surface area contributed by atoms with Crippen molar-refractivity contribution in [2.24, 2.45) is 0 Å². The molecule has 31 heavy (non-hydrogen) atoms. The van der Waals surface area contributed by atoms with E-state index in [1.54, 1.807) is 0 Å². The van der Waals surface area contributed by atoms with Crippen LogP contribution in [0.2, 0.25) is 0 Å². The highest BCUT2D eigenvalue weighted by molar-refractivity contribution is 5.77. The van der Waals surface area contributed by atoms with E-state index >= 15 is 0 Å². The Morgan fingerprint density at radius 1 is 0.968 bits per heavy atom. The molecule has 7 heteroatoms. The van der Waals surface area contributed by atoms with Gasteiger partial charge in [0.2, 0.25) is 0 Å². The van der Waals surface area contributed by atoms with Gasteiger partial charge in [-0.3, -0.25) is 9.59 Å². The smallest absolute Gasteiger partial charge is 0.278 e. The van der Waals surface area contributed by atoms with E-state index in [4.69, 9.17) is 0 Å². The summed E-state index contributed by atoms with van der Waals surface area (Å²) in [6.45, 7) is 15.6. The van der Waals surface area contributed by atoms with E-state index in [1.165, 1.54) is 26.6 Å². The van der Waals surface area contributed by atoms with E-state index in [1.807, 2.05) is 4.90 Å². The monoisotopic (exact) mass is 431 g/mol. The van der Waals surface area contributed by atoms with Gasteiger partial charge in [-0.05, 0) is 37.5 Å². The molecule has 1 aromatic rings. The lowest BCUT2D eigenvalue weighted by Gasteiger charge is -2.36. The van der Waals surface area contributed by atoms with Crippen LogP contribution in [-0.2, 0) is 9.59 Å². The Bertz CT molecular complexity index is 737. The summed E-state index contributed by atoms with van der Waals surface area (Å²) in [6.07, 6.45) is 2.13. The fourth-order valence-electron chi connectivity index (χ4n) is 4.59. The molecule has 2 aliphatic heterocycles. The summed E-state index contributed by atoms with van der Waals surface area (Å²) in [5.41, 5.74) is 4.03. The minimum absolute atomic E-state index is 0.134. The third-order valence-electron chi connectivity index (χ3n) is 6.87. The van der Waals surface area contributed by atoms with Crippen LogP contribution in [0.5, 0.6) is 0 Å². The molecular weight excluding hydrogens is 390 g/mol. The zero-order chi connectivity index (χ0) is 22.2. The maximum atomic E-state index is 12.8. The van der Waals surface area contributed by atoms with Crippen molar-refractivity contribution in [2.45, 2.75) is 33.6 Å². The van der Waals surface area contributed by atoms with Crippen molar-refractivity contribution in [2.75, 3.05) is 76.9 Å². The molecule has 2 saturated heterocycles. The summed E-state index contributed by atoms with van der Waals surface area (Å²) in [5.74, 6) is 0.399. The number of carbonyl (C=O) groups excluding carboxylic acids is 2. The molecule has 2 aliphatic rings. The van der Waals surface area contributed by atoms with Crippen LogP contribution in [0.3, 0.4) is 0 Å². The maximum absolute atomic E-state index is 12.8. The van der Waals surface area contributed by atoms with E-state index < -0.39 is 0 Å². The molecule has 2 fully saturated rings. The predicted molar refractivity (Wildman–Crippen MR) is 124 cm³/mol. The van der Waals surface area contributed by atoms with Crippen molar-refractivity contribution in [3.8, 4) is 0 Å². The molecule has 0 atom stereocenters. The number of hydrogen-bond acceptors (Lipinski definition) is 3. The fourth-order valence-corrected chi connectivity index (χ4v) is 4.59. The molecule has 2 heterocycles. The van der Waals surface area contributed by atoms with E-state index in [0.29, 0.717) is 13.1 Å². The Balaban J connectivity index is 1.37. The first-order chi connectivity index (χ1) is 15.0. The first-order valence-corrected chi connectivity index (χ1v) is 12.0. The molecule has 7 nitrogen and oxygen atoms in total. The molecule has 0 aromatic heterocycles. The highest BCUT2D eigenvalue weighted by atomic mass is 16.2. The lowest BCUT2D eigenvalue weighted by molar-refractivity contribution is -0.898. The number of unbranched alkanes of at least 4 members (excludes halogenated alkanes) is 1. The second kappa shape index (κ2) is 11.5. The van der Waals surface area contributed by atoms with Crippen LogP contribution in [0.1, 0.15) is 30.9 Å². The molecule has 0 spiro atoms. The van der Waals surface area contributed by atoms with Crippen molar-refractivity contribution < 1.29 is 19.4 Å². The standard InChI is InChI=1S/C24H39N5O2/c1-4-5-9-25-23(30)18-26-12-16-29(17-13-26)24(31)19-27-10-14-28(15-11-27)22-8-6-7-20(2)21(22)3/h6-8H,4-5,9-19H2,1-3H3,(H,25,30)/p+2. The lowest BCUT2D eigenvalue weighted by atomic mass is 10.1. The Labute approximate surface area is 187 Å². The van der Waals surface area contributed by atoms with Gasteiger partial charge in [0.15, 0.2) is 13.1 Å². The largest absolute Gasteiger partial charge is 0.360 e. The molecule has 172 valence electrons. The number of nitrogens with zero attached hydrogens (tertiary/aromatic N) is 2. The number of nitrogens with one attached hydrogen (secondary N) is 3. The number of benzene rings is 1. The normalized spacial score (nSPS) is 18.3. The first kappa shape index (κ1) is 23.5. The molecular formula is C24H41N5O2+2. The van der Waals surface area contributed by atoms with Gasteiger partial charge in [-0.2, -0.15) is 0 Å². The van der Waals surface area contributed by atoms with Crippen molar-refractivity contribution in [3.05, 3.63) is 29.3 Å². The topological polar surface area (TPSA) is 61.5 Å². The number of aryl methyl sites for hydroxylation is 1. The first-order valence-electron chi connectivity index (χ1n) is 12.0. The van der Waals surface area contributed by atoms with Crippen molar-refractivity contribution in [1.29, 1.82) is 0 Å². The third kappa shape index (κ3) is 6.68. The van der Waals surface area contributed by atoms with Gasteiger partial charge >= 0.3 is 0 Å². The predicted octanol–water partition coefficient (Wildman–Crippen LogP) is -1.35. The highest BCUT2D eigenvalue weighted by Gasteiger charge is 2.29. The van der Waals surface area contributed by atoms with E-state index in [-0.39, 0.29) is 11.8 Å². The lowest BCUT2D eigenvalue weighted by Crippen LogP contribution is -3.17. The summed E-state index contributed by atoms with van der Waals surface area (Å²) < 4.78 is 0. The van der Waals surface area contributed by atoms with Crippen LogP contribution in [-0.4, -0.2) is 88.7 Å². The van der Waals surface area contributed by atoms with Crippen LogP contribution >= 0.6 is 0 Å². The molecule has 0 saturated carbocycles. The zero-order valence-electron chi connectivity index (χ0n) is 19.6. The van der Waals surface area contributed by atoms with Crippen LogP contribution < -0.4 is 20.0 Å². The Hall–Kier alpha value is -2.12. The second-order valence-electron chi connectivity index (χ2n) is 9.14. The number of quaternary nitrogens is 2. The molecule has 2 amide bonds. The Kier molecular flexibility index (Phi) is 8.72. The Morgan fingerprint density at radius 3 is 2.29 bits per heavy atom. The average molecular weight is 432 g/mol. The fraction of sp³-hybridized carbons (Fsp3) is 0.667. The minimum Gasteiger partial charge on any atom is -0.360 e. The van der Waals surface area contributed by atoms with Crippen LogP contribution in [0, 0.1) is 13.8 Å². The van der Waals surface area contributed by atoms with E-state index in [9.17, 15) is 9.59 Å². The van der Waals surface area contributed by atoms with E-state index in [0.717, 1.165) is 71.7 Å². The highest BCUT2D eigenvalue weighted by Crippen LogP contribution is 2.22. The SMILES string of the molecule is CCCCNC(=O)C[NH+]1CCN(C(=O)C[NH+]2CCN(c3cccc(C)c3C)CC2)CC1. The quantitative estimate of drug-likeness (QED) is 0.446. The number of amides is 2. The molecule has 0 unspecified atom stereocenters. The summed E-state index contributed by atoms with van der Waals surface area (Å²) in [7, 11) is 0. The van der Waals surface area contributed by atoms with Gasteiger partial charge < -0.3 is 24.9 Å². The number of piperazine rings is 2. The summed E-state index contributed by atoms with van der Waals surface area (Å²) in [5, 5.41) is 2.99. The van der Waals surface area contributed by atoms with Gasteiger partial charge in [0.05, 0.1) is 52.4 Å². The van der Waals surface area contributed by atoms with Gasteiger partial charge in [-0.1, -0.05) is 25.5 Å².